The largest absolute Gasteiger partial charge is 0.367 e. The zero-order valence-corrected chi connectivity index (χ0v) is 7.95. The van der Waals surface area contributed by atoms with E-state index in [1.807, 2.05) is 0 Å². The third kappa shape index (κ3) is 1.82. The zero-order chi connectivity index (χ0) is 9.26. The highest BCUT2D eigenvalue weighted by Crippen LogP contribution is 2.33. The monoisotopic (exact) mass is 180 g/mol. The molecular formula is C9H16N4. The molecule has 1 aliphatic rings. The van der Waals surface area contributed by atoms with Gasteiger partial charge in [-0.3, -0.25) is 5.10 Å². The molecule has 0 saturated heterocycles. The molecule has 0 unspecified atom stereocenters. The van der Waals surface area contributed by atoms with Gasteiger partial charge in [0.15, 0.2) is 0 Å². The van der Waals surface area contributed by atoms with E-state index in [4.69, 9.17) is 5.73 Å². The molecule has 0 spiro atoms. The molecule has 4 nitrogen and oxygen atoms in total. The number of nitrogen functional groups attached to an aromatic ring is 1. The van der Waals surface area contributed by atoms with Crippen molar-refractivity contribution in [3.05, 3.63) is 5.82 Å². The van der Waals surface area contributed by atoms with Crippen LogP contribution < -0.4 is 5.73 Å². The van der Waals surface area contributed by atoms with Gasteiger partial charge in [0.25, 0.3) is 0 Å². The first-order chi connectivity index (χ1) is 6.25. The van der Waals surface area contributed by atoms with E-state index in [-0.39, 0.29) is 0 Å². The van der Waals surface area contributed by atoms with Crippen LogP contribution in [-0.4, -0.2) is 15.2 Å². The van der Waals surface area contributed by atoms with Crippen LogP contribution in [0.3, 0.4) is 0 Å². The Morgan fingerprint density at radius 2 is 2.00 bits per heavy atom. The number of rotatable bonds is 1. The minimum Gasteiger partial charge on any atom is -0.367 e. The maximum absolute atomic E-state index is 5.46. The average molecular weight is 180 g/mol. The fourth-order valence-corrected chi connectivity index (χ4v) is 2.00. The van der Waals surface area contributed by atoms with E-state index in [9.17, 15) is 0 Å². The quantitative estimate of drug-likeness (QED) is 0.691. The summed E-state index contributed by atoms with van der Waals surface area (Å²) in [5.74, 6) is 2.77. The summed E-state index contributed by atoms with van der Waals surface area (Å²) in [6, 6.07) is 0. The smallest absolute Gasteiger partial charge is 0.239 e. The molecule has 0 aromatic carbocycles. The molecule has 1 heterocycles. The second-order valence-corrected chi connectivity index (χ2v) is 4.04. The van der Waals surface area contributed by atoms with E-state index in [2.05, 4.69) is 22.1 Å². The Kier molecular flexibility index (Phi) is 2.20. The Balaban J connectivity index is 2.02. The van der Waals surface area contributed by atoms with Crippen LogP contribution in [0.1, 0.15) is 44.3 Å². The number of nitrogens with two attached hydrogens (primary N) is 1. The Morgan fingerprint density at radius 1 is 1.31 bits per heavy atom. The van der Waals surface area contributed by atoms with E-state index in [1.165, 1.54) is 25.7 Å². The Bertz CT molecular complexity index is 273. The molecule has 72 valence electrons. The van der Waals surface area contributed by atoms with Crippen LogP contribution in [0.4, 0.5) is 5.95 Å². The molecule has 0 atom stereocenters. The van der Waals surface area contributed by atoms with Crippen molar-refractivity contribution < 1.29 is 0 Å². The second-order valence-electron chi connectivity index (χ2n) is 4.04. The molecule has 1 fully saturated rings. The zero-order valence-electron chi connectivity index (χ0n) is 7.95. The van der Waals surface area contributed by atoms with Gasteiger partial charge in [0, 0.05) is 5.92 Å². The van der Waals surface area contributed by atoms with Crippen LogP contribution >= 0.6 is 0 Å². The van der Waals surface area contributed by atoms with Crippen molar-refractivity contribution in [2.75, 3.05) is 5.73 Å². The van der Waals surface area contributed by atoms with E-state index < -0.39 is 0 Å². The minimum absolute atomic E-state index is 0.369. The number of anilines is 1. The highest BCUT2D eigenvalue weighted by molar-refractivity contribution is 5.14. The third-order valence-electron chi connectivity index (χ3n) is 2.92. The first-order valence-electron chi connectivity index (χ1n) is 4.93. The van der Waals surface area contributed by atoms with E-state index in [0.29, 0.717) is 11.9 Å². The summed E-state index contributed by atoms with van der Waals surface area (Å²) in [4.78, 5) is 4.17. The Hall–Kier alpha value is -1.06. The maximum Gasteiger partial charge on any atom is 0.239 e. The van der Waals surface area contributed by atoms with E-state index >= 15 is 0 Å². The minimum atomic E-state index is 0.369. The molecule has 0 bridgehead atoms. The normalized spacial score (nSPS) is 29.0. The molecule has 3 N–H and O–H groups in total. The van der Waals surface area contributed by atoms with Crippen molar-refractivity contribution in [2.45, 2.75) is 38.5 Å². The number of aromatic nitrogens is 3. The van der Waals surface area contributed by atoms with Crippen LogP contribution in [0, 0.1) is 5.92 Å². The lowest BCUT2D eigenvalue weighted by atomic mass is 9.83. The van der Waals surface area contributed by atoms with Gasteiger partial charge in [-0.05, 0) is 18.8 Å². The van der Waals surface area contributed by atoms with Gasteiger partial charge >= 0.3 is 0 Å². The predicted octanol–water partition coefficient (Wildman–Crippen LogP) is 1.68. The van der Waals surface area contributed by atoms with Crippen molar-refractivity contribution in [2.24, 2.45) is 5.92 Å². The summed E-state index contributed by atoms with van der Waals surface area (Å²) < 4.78 is 0. The topological polar surface area (TPSA) is 67.6 Å². The third-order valence-corrected chi connectivity index (χ3v) is 2.92. The van der Waals surface area contributed by atoms with Crippen LogP contribution in [0.2, 0.25) is 0 Å². The Morgan fingerprint density at radius 3 is 2.54 bits per heavy atom. The maximum atomic E-state index is 5.46. The lowest BCUT2D eigenvalue weighted by Gasteiger charge is -2.23. The highest BCUT2D eigenvalue weighted by atomic mass is 15.3. The number of hydrogen-bond donors (Lipinski definition) is 2. The summed E-state index contributed by atoms with van der Waals surface area (Å²) in [7, 11) is 0. The Labute approximate surface area is 77.9 Å². The summed E-state index contributed by atoms with van der Waals surface area (Å²) in [5.41, 5.74) is 5.46. The highest BCUT2D eigenvalue weighted by Gasteiger charge is 2.21. The van der Waals surface area contributed by atoms with Crippen LogP contribution in [0.5, 0.6) is 0 Å². The molecule has 1 saturated carbocycles. The average Bonchev–Trinajstić information content (AvgIpc) is 2.53. The fraction of sp³-hybridized carbons (Fsp3) is 0.778. The second kappa shape index (κ2) is 3.36. The molecule has 4 heteroatoms. The van der Waals surface area contributed by atoms with Gasteiger partial charge in [0.1, 0.15) is 5.82 Å². The van der Waals surface area contributed by atoms with Crippen LogP contribution in [-0.2, 0) is 0 Å². The summed E-state index contributed by atoms with van der Waals surface area (Å²) in [6.45, 7) is 2.31. The summed E-state index contributed by atoms with van der Waals surface area (Å²) in [6.07, 6.45) is 5.03. The van der Waals surface area contributed by atoms with Gasteiger partial charge in [-0.2, -0.15) is 4.98 Å². The first kappa shape index (κ1) is 8.53. The van der Waals surface area contributed by atoms with E-state index in [0.717, 1.165) is 11.7 Å². The predicted molar refractivity (Wildman–Crippen MR) is 51.2 cm³/mol. The summed E-state index contributed by atoms with van der Waals surface area (Å²) >= 11 is 0. The van der Waals surface area contributed by atoms with Crippen molar-refractivity contribution in [1.29, 1.82) is 0 Å². The van der Waals surface area contributed by atoms with Gasteiger partial charge in [0.05, 0.1) is 0 Å². The number of nitrogens with one attached hydrogen (secondary N) is 1. The van der Waals surface area contributed by atoms with Gasteiger partial charge < -0.3 is 5.73 Å². The number of H-pyrrole nitrogens is 1. The van der Waals surface area contributed by atoms with E-state index in [1.54, 1.807) is 0 Å². The SMILES string of the molecule is CC1CCC(c2nc(N)n[nH]2)CC1. The molecule has 0 aliphatic heterocycles. The lowest BCUT2D eigenvalue weighted by molar-refractivity contribution is 0.340. The summed E-state index contributed by atoms with van der Waals surface area (Å²) in [5, 5.41) is 6.76. The van der Waals surface area contributed by atoms with Crippen molar-refractivity contribution in [1.82, 2.24) is 15.2 Å². The van der Waals surface area contributed by atoms with Gasteiger partial charge in [-0.25, -0.2) is 0 Å². The molecular weight excluding hydrogens is 164 g/mol. The van der Waals surface area contributed by atoms with Gasteiger partial charge in [0.2, 0.25) is 5.95 Å². The number of nitrogens with zero attached hydrogens (tertiary/aromatic N) is 2. The van der Waals surface area contributed by atoms with Crippen LogP contribution in [0.25, 0.3) is 0 Å². The van der Waals surface area contributed by atoms with Gasteiger partial charge in [-0.1, -0.05) is 19.8 Å². The molecule has 13 heavy (non-hydrogen) atoms. The molecule has 1 aromatic heterocycles. The molecule has 0 radical (unpaired) electrons. The standard InChI is InChI=1S/C9H16N4/c1-6-2-4-7(5-3-6)8-11-9(10)13-12-8/h6-7H,2-5H2,1H3,(H3,10,11,12,13). The first-order valence-corrected chi connectivity index (χ1v) is 4.93. The van der Waals surface area contributed by atoms with Crippen LogP contribution in [0.15, 0.2) is 0 Å². The van der Waals surface area contributed by atoms with Crippen molar-refractivity contribution in [3.63, 3.8) is 0 Å². The molecule has 1 aliphatic carbocycles. The van der Waals surface area contributed by atoms with Gasteiger partial charge in [-0.15, -0.1) is 5.10 Å². The van der Waals surface area contributed by atoms with Crippen molar-refractivity contribution in [3.8, 4) is 0 Å². The number of hydrogen-bond acceptors (Lipinski definition) is 3. The lowest BCUT2D eigenvalue weighted by Crippen LogP contribution is -2.12. The molecule has 2 rings (SSSR count). The molecule has 0 amide bonds. The molecule has 1 aromatic rings. The fourth-order valence-electron chi connectivity index (χ4n) is 2.00. The van der Waals surface area contributed by atoms with Crippen molar-refractivity contribution >= 4 is 5.95 Å². The number of aromatic amines is 1.